The van der Waals surface area contributed by atoms with Crippen molar-refractivity contribution in [3.8, 4) is 0 Å². The van der Waals surface area contributed by atoms with Crippen molar-refractivity contribution in [2.75, 3.05) is 6.61 Å². The molecule has 0 aromatic heterocycles. The summed E-state index contributed by atoms with van der Waals surface area (Å²) in [4.78, 5) is 0. The van der Waals surface area contributed by atoms with E-state index >= 15 is 0 Å². The SMILES string of the molecule is OC1OC[C@@H](O)[C@H](O)[13C@H]1O. The first kappa shape index (κ1) is 7.90. The maximum atomic E-state index is 8.88. The topological polar surface area (TPSA) is 90.2 Å². The minimum Gasteiger partial charge on any atom is -0.388 e. The Labute approximate surface area is 57.5 Å². The van der Waals surface area contributed by atoms with E-state index in [-0.39, 0.29) is 6.61 Å². The summed E-state index contributed by atoms with van der Waals surface area (Å²) < 4.78 is 4.47. The molecule has 0 amide bonds. The first-order valence-electron chi connectivity index (χ1n) is 2.97. The van der Waals surface area contributed by atoms with Crippen molar-refractivity contribution in [1.82, 2.24) is 0 Å². The Morgan fingerprint density at radius 2 is 1.60 bits per heavy atom. The molecule has 0 bridgehead atoms. The molecule has 0 saturated carbocycles. The molecule has 5 heteroatoms. The molecule has 1 rings (SSSR count). The summed E-state index contributed by atoms with van der Waals surface area (Å²) in [6.07, 6.45) is -5.23. The van der Waals surface area contributed by atoms with Crippen LogP contribution in [0.2, 0.25) is 0 Å². The van der Waals surface area contributed by atoms with Crippen molar-refractivity contribution in [3.05, 3.63) is 0 Å². The van der Waals surface area contributed by atoms with Crippen LogP contribution in [0.1, 0.15) is 0 Å². The van der Waals surface area contributed by atoms with Crippen LogP contribution in [0.3, 0.4) is 0 Å². The molecule has 0 spiro atoms. The third-order valence-corrected chi connectivity index (χ3v) is 1.47. The Morgan fingerprint density at radius 1 is 1.00 bits per heavy atom. The molecule has 4 atom stereocenters. The van der Waals surface area contributed by atoms with Crippen molar-refractivity contribution in [3.63, 3.8) is 0 Å². The van der Waals surface area contributed by atoms with Gasteiger partial charge in [0.15, 0.2) is 6.29 Å². The van der Waals surface area contributed by atoms with Crippen molar-refractivity contribution in [1.29, 1.82) is 0 Å². The molecule has 0 aromatic carbocycles. The third kappa shape index (κ3) is 1.28. The van der Waals surface area contributed by atoms with Crippen LogP contribution >= 0.6 is 0 Å². The van der Waals surface area contributed by atoms with Gasteiger partial charge in [-0.25, -0.2) is 0 Å². The Bertz CT molecular complexity index is 103. The summed E-state index contributed by atoms with van der Waals surface area (Å²) in [6, 6.07) is 0. The Morgan fingerprint density at radius 3 is 2.10 bits per heavy atom. The second kappa shape index (κ2) is 2.81. The highest BCUT2D eigenvalue weighted by molar-refractivity contribution is 4.81. The largest absolute Gasteiger partial charge is 0.388 e. The van der Waals surface area contributed by atoms with Gasteiger partial charge in [0, 0.05) is 0 Å². The van der Waals surface area contributed by atoms with Crippen LogP contribution in [0.4, 0.5) is 0 Å². The van der Waals surface area contributed by atoms with E-state index in [0.29, 0.717) is 0 Å². The van der Waals surface area contributed by atoms with E-state index in [0.717, 1.165) is 0 Å². The van der Waals surface area contributed by atoms with E-state index in [1.165, 1.54) is 0 Å². The standard InChI is InChI=1S/C5H10O5/c6-2-1-10-5(9)4(8)3(2)7/h2-9H,1H2/t2-,3+,4-,5?/m1/s1/i4+1. The summed E-state index contributed by atoms with van der Waals surface area (Å²) in [5.74, 6) is 0. The molecule has 0 aromatic rings. The normalized spacial score (nSPS) is 49.2. The maximum Gasteiger partial charge on any atom is 0.183 e. The molecule has 1 aliphatic rings. The smallest absolute Gasteiger partial charge is 0.183 e. The summed E-state index contributed by atoms with van der Waals surface area (Å²) in [5.41, 5.74) is 0. The van der Waals surface area contributed by atoms with Crippen molar-refractivity contribution >= 4 is 0 Å². The first-order valence-corrected chi connectivity index (χ1v) is 2.97. The molecule has 0 radical (unpaired) electrons. The zero-order valence-corrected chi connectivity index (χ0v) is 5.21. The van der Waals surface area contributed by atoms with Crippen LogP contribution < -0.4 is 0 Å². The lowest BCUT2D eigenvalue weighted by Crippen LogP contribution is -2.52. The average molecular weight is 151 g/mol. The van der Waals surface area contributed by atoms with Crippen molar-refractivity contribution in [2.45, 2.75) is 24.6 Å². The van der Waals surface area contributed by atoms with Gasteiger partial charge in [-0.1, -0.05) is 0 Å². The summed E-state index contributed by atoms with van der Waals surface area (Å²) in [5, 5.41) is 35.3. The van der Waals surface area contributed by atoms with Gasteiger partial charge in [-0.2, -0.15) is 0 Å². The second-order valence-electron chi connectivity index (χ2n) is 2.27. The minimum atomic E-state index is -1.41. The van der Waals surface area contributed by atoms with Gasteiger partial charge in [0.2, 0.25) is 0 Å². The summed E-state index contributed by atoms with van der Waals surface area (Å²) in [7, 11) is 0. The molecule has 60 valence electrons. The van der Waals surface area contributed by atoms with Crippen molar-refractivity contribution in [2.24, 2.45) is 0 Å². The van der Waals surface area contributed by atoms with E-state index in [1.807, 2.05) is 0 Å². The van der Waals surface area contributed by atoms with Gasteiger partial charge in [0.25, 0.3) is 0 Å². The lowest BCUT2D eigenvalue weighted by molar-refractivity contribution is -0.252. The maximum absolute atomic E-state index is 8.88. The van der Waals surface area contributed by atoms with Gasteiger partial charge in [-0.05, 0) is 0 Å². The number of aliphatic hydroxyl groups is 4. The molecule has 1 unspecified atom stereocenters. The van der Waals surface area contributed by atoms with Crippen LogP contribution in [0, 0.1) is 0 Å². The monoisotopic (exact) mass is 151 g/mol. The van der Waals surface area contributed by atoms with Crippen LogP contribution in [-0.2, 0) is 4.74 Å². The highest BCUT2D eigenvalue weighted by Crippen LogP contribution is 2.12. The number of hydrogen-bond acceptors (Lipinski definition) is 5. The summed E-state index contributed by atoms with van der Waals surface area (Å²) >= 11 is 0. The average Bonchev–Trinajstić information content (AvgIpc) is 1.93. The molecule has 1 heterocycles. The lowest BCUT2D eigenvalue weighted by Gasteiger charge is -2.31. The van der Waals surface area contributed by atoms with Gasteiger partial charge >= 0.3 is 0 Å². The van der Waals surface area contributed by atoms with Gasteiger partial charge in [0.1, 0.15) is 18.3 Å². The van der Waals surface area contributed by atoms with E-state index in [9.17, 15) is 0 Å². The molecule has 1 fully saturated rings. The molecular formula is C5H10O5. The van der Waals surface area contributed by atoms with Crippen LogP contribution in [-0.4, -0.2) is 51.6 Å². The van der Waals surface area contributed by atoms with Crippen molar-refractivity contribution < 1.29 is 25.2 Å². The highest BCUT2D eigenvalue weighted by atomic mass is 16.6. The van der Waals surface area contributed by atoms with E-state index in [2.05, 4.69) is 4.74 Å². The number of hydrogen-bond donors (Lipinski definition) is 4. The Hall–Kier alpha value is -0.200. The number of aliphatic hydroxyl groups excluding tert-OH is 4. The number of rotatable bonds is 0. The fraction of sp³-hybridized carbons (Fsp3) is 1.00. The molecule has 0 aliphatic carbocycles. The van der Waals surface area contributed by atoms with E-state index in [1.54, 1.807) is 0 Å². The quantitative estimate of drug-likeness (QED) is 0.285. The molecule has 1 saturated heterocycles. The lowest BCUT2D eigenvalue weighted by atomic mass is 10.2. The first-order chi connectivity index (χ1) is 4.63. The van der Waals surface area contributed by atoms with Gasteiger partial charge < -0.3 is 25.2 Å². The van der Waals surface area contributed by atoms with Gasteiger partial charge in [-0.3, -0.25) is 0 Å². The Kier molecular flexibility index (Phi) is 2.22. The molecule has 5 nitrogen and oxygen atoms in total. The number of ether oxygens (including phenoxy) is 1. The molecular weight excluding hydrogens is 141 g/mol. The summed E-state index contributed by atoms with van der Waals surface area (Å²) in [6.45, 7) is -0.153. The third-order valence-electron chi connectivity index (χ3n) is 1.47. The van der Waals surface area contributed by atoms with Crippen LogP contribution in [0.5, 0.6) is 0 Å². The highest BCUT2D eigenvalue weighted by Gasteiger charge is 2.36. The minimum absolute atomic E-state index is 0.153. The van der Waals surface area contributed by atoms with Crippen LogP contribution in [0.15, 0.2) is 0 Å². The van der Waals surface area contributed by atoms with Gasteiger partial charge in [0.05, 0.1) is 6.61 Å². The Balaban J connectivity index is 2.52. The molecule has 10 heavy (non-hydrogen) atoms. The van der Waals surface area contributed by atoms with E-state index < -0.39 is 24.6 Å². The van der Waals surface area contributed by atoms with Crippen LogP contribution in [0.25, 0.3) is 0 Å². The predicted octanol–water partition coefficient (Wildman–Crippen LogP) is -2.58. The molecule has 1 aliphatic heterocycles. The van der Waals surface area contributed by atoms with E-state index in [4.69, 9.17) is 20.4 Å². The fourth-order valence-corrected chi connectivity index (χ4v) is 0.791. The fourth-order valence-electron chi connectivity index (χ4n) is 0.791. The predicted molar refractivity (Wildman–Crippen MR) is 30.0 cm³/mol. The zero-order valence-electron chi connectivity index (χ0n) is 5.21. The van der Waals surface area contributed by atoms with Gasteiger partial charge in [-0.15, -0.1) is 0 Å². The zero-order chi connectivity index (χ0) is 7.72. The molecule has 4 N–H and O–H groups in total. The second-order valence-corrected chi connectivity index (χ2v) is 2.27.